The van der Waals surface area contributed by atoms with Crippen molar-refractivity contribution in [3.05, 3.63) is 0 Å². The Morgan fingerprint density at radius 2 is 1.50 bits per heavy atom. The maximum absolute atomic E-state index is 5.52. The molecule has 0 N–H and O–H groups in total. The maximum atomic E-state index is 5.52. The molecular formula is C10H20O6. The molecule has 96 valence electrons. The Bertz CT molecular complexity index is 151. The summed E-state index contributed by atoms with van der Waals surface area (Å²) in [6.45, 7) is 3.31. The van der Waals surface area contributed by atoms with Gasteiger partial charge in [0.25, 0.3) is 0 Å². The van der Waals surface area contributed by atoms with E-state index in [1.807, 2.05) is 0 Å². The molecular weight excluding hydrogens is 216 g/mol. The van der Waals surface area contributed by atoms with E-state index in [1.54, 1.807) is 0 Å². The summed E-state index contributed by atoms with van der Waals surface area (Å²) in [4.78, 5) is 9.15. The molecule has 6 heteroatoms. The number of unbranched alkanes of at least 4 members (excludes halogenated alkanes) is 2. The zero-order valence-corrected chi connectivity index (χ0v) is 9.85. The first-order valence-electron chi connectivity index (χ1n) is 5.84. The zero-order valence-electron chi connectivity index (χ0n) is 9.85. The third-order valence-electron chi connectivity index (χ3n) is 2.35. The van der Waals surface area contributed by atoms with Crippen LogP contribution in [0.25, 0.3) is 0 Å². The highest BCUT2D eigenvalue weighted by Crippen LogP contribution is 2.17. The van der Waals surface area contributed by atoms with E-state index in [4.69, 9.17) is 4.74 Å². The van der Waals surface area contributed by atoms with Gasteiger partial charge in [-0.25, -0.2) is 0 Å². The van der Waals surface area contributed by atoms with Crippen molar-refractivity contribution in [1.29, 1.82) is 0 Å². The molecule has 0 aromatic rings. The van der Waals surface area contributed by atoms with Crippen molar-refractivity contribution >= 4 is 0 Å². The Morgan fingerprint density at radius 1 is 0.938 bits per heavy atom. The van der Waals surface area contributed by atoms with E-state index < -0.39 is 6.48 Å². The van der Waals surface area contributed by atoms with Crippen LogP contribution < -0.4 is 0 Å². The maximum Gasteiger partial charge on any atom is 0.336 e. The van der Waals surface area contributed by atoms with Gasteiger partial charge in [0, 0.05) is 0 Å². The van der Waals surface area contributed by atoms with Crippen molar-refractivity contribution in [2.45, 2.75) is 65.0 Å². The highest BCUT2D eigenvalue weighted by Gasteiger charge is 2.23. The Labute approximate surface area is 95.4 Å². The smallest absolute Gasteiger partial charge is 0.323 e. The highest BCUT2D eigenvalue weighted by atomic mass is 17.8. The fraction of sp³-hybridized carbons (Fsp3) is 1.00. The Morgan fingerprint density at radius 3 is 2.00 bits per heavy atom. The lowest BCUT2D eigenvalue weighted by Gasteiger charge is -2.23. The van der Waals surface area contributed by atoms with Crippen molar-refractivity contribution < 1.29 is 29.6 Å². The van der Waals surface area contributed by atoms with E-state index in [0.717, 1.165) is 38.5 Å². The van der Waals surface area contributed by atoms with Gasteiger partial charge in [0.1, 0.15) is 0 Å². The van der Waals surface area contributed by atoms with Crippen LogP contribution in [-0.2, 0) is 29.6 Å². The zero-order chi connectivity index (χ0) is 11.6. The van der Waals surface area contributed by atoms with E-state index in [0.29, 0.717) is 0 Å². The third kappa shape index (κ3) is 5.74. The van der Waals surface area contributed by atoms with Crippen LogP contribution in [0.15, 0.2) is 0 Å². The second-order valence-electron chi connectivity index (χ2n) is 3.73. The number of hydrogen-bond donors (Lipinski definition) is 0. The van der Waals surface area contributed by atoms with E-state index in [-0.39, 0.29) is 6.10 Å². The van der Waals surface area contributed by atoms with Gasteiger partial charge in [-0.1, -0.05) is 39.5 Å². The third-order valence-corrected chi connectivity index (χ3v) is 2.35. The summed E-state index contributed by atoms with van der Waals surface area (Å²) >= 11 is 0. The SMILES string of the molecule is CCCCC(CCCC)OC1OOOOO1. The summed E-state index contributed by atoms with van der Waals surface area (Å²) in [5.41, 5.74) is 0. The van der Waals surface area contributed by atoms with E-state index >= 15 is 0 Å². The Kier molecular flexibility index (Phi) is 7.65. The Hall–Kier alpha value is -0.240. The first-order chi connectivity index (χ1) is 7.86. The van der Waals surface area contributed by atoms with Gasteiger partial charge in [-0.3, -0.25) is 0 Å². The molecule has 6 nitrogen and oxygen atoms in total. The second kappa shape index (κ2) is 8.86. The van der Waals surface area contributed by atoms with Crippen molar-refractivity contribution in [1.82, 2.24) is 0 Å². The van der Waals surface area contributed by atoms with Gasteiger partial charge in [0.05, 0.1) is 6.10 Å². The molecule has 0 radical (unpaired) electrons. The lowest BCUT2D eigenvalue weighted by molar-refractivity contribution is -0.805. The topological polar surface area (TPSA) is 55.4 Å². The fourth-order valence-corrected chi connectivity index (χ4v) is 1.47. The van der Waals surface area contributed by atoms with Crippen LogP contribution >= 0.6 is 0 Å². The van der Waals surface area contributed by atoms with Crippen molar-refractivity contribution in [2.24, 2.45) is 0 Å². The van der Waals surface area contributed by atoms with Crippen molar-refractivity contribution in [2.75, 3.05) is 0 Å². The molecule has 0 saturated carbocycles. The summed E-state index contributed by atoms with van der Waals surface area (Å²) in [5, 5.41) is 12.2. The van der Waals surface area contributed by atoms with Gasteiger partial charge in [0.2, 0.25) is 0 Å². The summed E-state index contributed by atoms with van der Waals surface area (Å²) in [7, 11) is 0. The summed E-state index contributed by atoms with van der Waals surface area (Å²) in [5.74, 6) is 0. The molecule has 1 heterocycles. The average Bonchev–Trinajstić information content (AvgIpc) is 2.34. The van der Waals surface area contributed by atoms with Crippen molar-refractivity contribution in [3.8, 4) is 0 Å². The summed E-state index contributed by atoms with van der Waals surface area (Å²) in [6, 6.07) is 0. The molecule has 16 heavy (non-hydrogen) atoms. The lowest BCUT2D eigenvalue weighted by atomic mass is 10.1. The molecule has 0 bridgehead atoms. The molecule has 0 spiro atoms. The van der Waals surface area contributed by atoms with Gasteiger partial charge < -0.3 is 4.74 Å². The van der Waals surface area contributed by atoms with Gasteiger partial charge in [0.15, 0.2) is 0 Å². The van der Waals surface area contributed by atoms with Crippen LogP contribution in [0.5, 0.6) is 0 Å². The van der Waals surface area contributed by atoms with Crippen LogP contribution in [0.4, 0.5) is 0 Å². The average molecular weight is 236 g/mol. The molecule has 1 fully saturated rings. The van der Waals surface area contributed by atoms with E-state index in [9.17, 15) is 0 Å². The van der Waals surface area contributed by atoms with Crippen LogP contribution in [0.2, 0.25) is 0 Å². The minimum Gasteiger partial charge on any atom is -0.323 e. The fourth-order valence-electron chi connectivity index (χ4n) is 1.47. The van der Waals surface area contributed by atoms with Gasteiger partial charge in [-0.15, -0.1) is 9.78 Å². The number of rotatable bonds is 8. The molecule has 1 aliphatic rings. The van der Waals surface area contributed by atoms with Crippen LogP contribution in [0.1, 0.15) is 52.4 Å². The second-order valence-corrected chi connectivity index (χ2v) is 3.73. The number of hydrogen-bond acceptors (Lipinski definition) is 6. The van der Waals surface area contributed by atoms with Crippen LogP contribution in [-0.4, -0.2) is 12.6 Å². The molecule has 1 aliphatic heterocycles. The minimum absolute atomic E-state index is 0.0928. The van der Waals surface area contributed by atoms with Gasteiger partial charge >= 0.3 is 6.48 Å². The molecule has 1 saturated heterocycles. The van der Waals surface area contributed by atoms with Gasteiger partial charge in [-0.05, 0) is 28.0 Å². The first-order valence-corrected chi connectivity index (χ1v) is 5.84. The molecule has 0 aromatic carbocycles. The molecule has 0 amide bonds. The highest BCUT2D eigenvalue weighted by molar-refractivity contribution is 4.58. The van der Waals surface area contributed by atoms with E-state index in [1.165, 1.54) is 0 Å². The van der Waals surface area contributed by atoms with E-state index in [2.05, 4.69) is 38.7 Å². The molecule has 0 aromatic heterocycles. The predicted molar refractivity (Wildman–Crippen MR) is 53.1 cm³/mol. The summed E-state index contributed by atoms with van der Waals surface area (Å²) in [6.07, 6.45) is 6.53. The van der Waals surface area contributed by atoms with Gasteiger partial charge in [-0.2, -0.15) is 0 Å². The summed E-state index contributed by atoms with van der Waals surface area (Å²) < 4.78 is 5.52. The molecule has 0 aliphatic carbocycles. The van der Waals surface area contributed by atoms with Crippen LogP contribution in [0, 0.1) is 0 Å². The standard InChI is InChI=1S/C10H20O6/c1-3-5-7-9(8-6-4-2)11-10-12-14-16-15-13-10/h9-10H,3-8H2,1-2H3. The molecule has 0 atom stereocenters. The normalized spacial score (nSPS) is 18.2. The number of ether oxygens (including phenoxy) is 1. The first kappa shape index (κ1) is 13.8. The lowest BCUT2D eigenvalue weighted by Crippen LogP contribution is -2.31. The molecule has 1 rings (SSSR count). The predicted octanol–water partition coefficient (Wildman–Crippen LogP) is 2.79. The van der Waals surface area contributed by atoms with Crippen LogP contribution in [0.3, 0.4) is 0 Å². The van der Waals surface area contributed by atoms with Crippen molar-refractivity contribution in [3.63, 3.8) is 0 Å². The largest absolute Gasteiger partial charge is 0.336 e. The minimum atomic E-state index is -0.979. The quantitative estimate of drug-likeness (QED) is 0.604. The molecule has 0 unspecified atom stereocenters. The monoisotopic (exact) mass is 236 g/mol. The Balaban J connectivity index is 2.23.